The van der Waals surface area contributed by atoms with E-state index in [1.165, 1.54) is 16.3 Å². The second-order valence-corrected chi connectivity index (χ2v) is 6.20. The smallest absolute Gasteiger partial charge is 0.239 e. The van der Waals surface area contributed by atoms with Crippen LogP contribution in [-0.2, 0) is 16.0 Å². The molecule has 0 aliphatic carbocycles. The fraction of sp³-hybridized carbons (Fsp3) is 0.421. The van der Waals surface area contributed by atoms with E-state index in [-0.39, 0.29) is 18.1 Å². The molecule has 0 saturated carbocycles. The molecule has 2 aromatic rings. The maximum Gasteiger partial charge on any atom is 0.239 e. The number of fused-ring (bicyclic) bond motifs is 1. The predicted molar refractivity (Wildman–Crippen MR) is 92.5 cm³/mol. The lowest BCUT2D eigenvalue weighted by molar-refractivity contribution is -0.131. The van der Waals surface area contributed by atoms with Crippen LogP contribution in [0.5, 0.6) is 0 Å². The van der Waals surface area contributed by atoms with Crippen molar-refractivity contribution in [3.05, 3.63) is 48.0 Å². The highest BCUT2D eigenvalue weighted by atomic mass is 16.5. The maximum absolute atomic E-state index is 12.5. The third-order valence-electron chi connectivity index (χ3n) is 4.69. The van der Waals surface area contributed by atoms with Crippen LogP contribution in [-0.4, -0.2) is 50.2 Å². The van der Waals surface area contributed by atoms with Crippen LogP contribution < -0.4 is 5.32 Å². The van der Waals surface area contributed by atoms with Gasteiger partial charge < -0.3 is 15.0 Å². The lowest BCUT2D eigenvalue weighted by atomic mass is 10.0. The van der Waals surface area contributed by atoms with Crippen LogP contribution in [0, 0.1) is 0 Å². The van der Waals surface area contributed by atoms with Gasteiger partial charge in [-0.3, -0.25) is 4.79 Å². The molecule has 2 atom stereocenters. The maximum atomic E-state index is 12.5. The van der Waals surface area contributed by atoms with E-state index >= 15 is 0 Å². The highest BCUT2D eigenvalue weighted by Gasteiger charge is 2.30. The summed E-state index contributed by atoms with van der Waals surface area (Å²) in [4.78, 5) is 14.3. The van der Waals surface area contributed by atoms with Crippen LogP contribution in [0.2, 0.25) is 0 Å². The van der Waals surface area contributed by atoms with Gasteiger partial charge in [0.2, 0.25) is 5.91 Å². The normalized spacial score (nSPS) is 20.8. The molecule has 0 bridgehead atoms. The van der Waals surface area contributed by atoms with Gasteiger partial charge in [-0.15, -0.1) is 0 Å². The zero-order valence-electron chi connectivity index (χ0n) is 13.8. The summed E-state index contributed by atoms with van der Waals surface area (Å²) in [7, 11) is 3.58. The molecule has 1 aliphatic rings. The molecule has 0 spiro atoms. The Kier molecular flexibility index (Phi) is 4.94. The fourth-order valence-electron chi connectivity index (χ4n) is 3.25. The minimum Gasteiger partial charge on any atom is -0.380 e. The Morgan fingerprint density at radius 2 is 2.04 bits per heavy atom. The molecule has 1 N–H and O–H groups in total. The number of benzene rings is 2. The molecule has 4 nitrogen and oxygen atoms in total. The number of rotatable bonds is 5. The molecule has 0 unspecified atom stereocenters. The number of ether oxygens (including phenoxy) is 1. The molecule has 1 aliphatic heterocycles. The SMILES string of the molecule is CO[C@@H]1CN[C@H](C(=O)N(C)CCc2cccc3ccccc23)C1. The van der Waals surface area contributed by atoms with Crippen LogP contribution in [0.3, 0.4) is 0 Å². The number of methoxy groups -OCH3 is 1. The summed E-state index contributed by atoms with van der Waals surface area (Å²) in [5, 5.41) is 5.77. The second kappa shape index (κ2) is 7.11. The number of amides is 1. The first-order valence-electron chi connectivity index (χ1n) is 8.17. The standard InChI is InChI=1S/C19H24N2O2/c1-21(19(22)18-12-16(23-2)13-20-18)11-10-15-8-5-7-14-6-3-4-9-17(14)15/h3-9,16,18,20H,10-13H2,1-2H3/t16-,18-/m0/s1. The van der Waals surface area contributed by atoms with Crippen molar-refractivity contribution in [1.29, 1.82) is 0 Å². The van der Waals surface area contributed by atoms with Gasteiger partial charge in [-0.2, -0.15) is 0 Å². The summed E-state index contributed by atoms with van der Waals surface area (Å²) >= 11 is 0. The number of likely N-dealkylation sites (N-methyl/N-ethyl adjacent to an activating group) is 1. The van der Waals surface area contributed by atoms with E-state index in [4.69, 9.17) is 4.74 Å². The average Bonchev–Trinajstić information content (AvgIpc) is 3.08. The second-order valence-electron chi connectivity index (χ2n) is 6.20. The quantitative estimate of drug-likeness (QED) is 0.920. The molecule has 1 heterocycles. The monoisotopic (exact) mass is 312 g/mol. The number of hydrogen-bond donors (Lipinski definition) is 1. The zero-order chi connectivity index (χ0) is 16.2. The third-order valence-corrected chi connectivity index (χ3v) is 4.69. The first-order valence-corrected chi connectivity index (χ1v) is 8.17. The van der Waals surface area contributed by atoms with Crippen LogP contribution in [0.1, 0.15) is 12.0 Å². The van der Waals surface area contributed by atoms with Crippen molar-refractivity contribution in [3.8, 4) is 0 Å². The summed E-state index contributed by atoms with van der Waals surface area (Å²) in [6, 6.07) is 14.6. The van der Waals surface area contributed by atoms with E-state index in [1.807, 2.05) is 11.9 Å². The van der Waals surface area contributed by atoms with Crippen molar-refractivity contribution in [2.24, 2.45) is 0 Å². The van der Waals surface area contributed by atoms with Crippen molar-refractivity contribution in [2.75, 3.05) is 27.2 Å². The lowest BCUT2D eigenvalue weighted by Crippen LogP contribution is -2.42. The fourth-order valence-corrected chi connectivity index (χ4v) is 3.25. The van der Waals surface area contributed by atoms with E-state index in [0.717, 1.165) is 25.9 Å². The minimum absolute atomic E-state index is 0.113. The highest BCUT2D eigenvalue weighted by molar-refractivity contribution is 5.86. The van der Waals surface area contributed by atoms with Gasteiger partial charge in [-0.05, 0) is 29.2 Å². The molecule has 3 rings (SSSR count). The molecular weight excluding hydrogens is 288 g/mol. The topological polar surface area (TPSA) is 41.6 Å². The first-order chi connectivity index (χ1) is 11.2. The Morgan fingerprint density at radius 1 is 1.26 bits per heavy atom. The lowest BCUT2D eigenvalue weighted by Gasteiger charge is -2.21. The number of hydrogen-bond acceptors (Lipinski definition) is 3. The van der Waals surface area contributed by atoms with Crippen LogP contribution in [0.15, 0.2) is 42.5 Å². The van der Waals surface area contributed by atoms with Crippen molar-refractivity contribution >= 4 is 16.7 Å². The molecule has 122 valence electrons. The van der Waals surface area contributed by atoms with E-state index < -0.39 is 0 Å². The van der Waals surface area contributed by atoms with Crippen LogP contribution in [0.4, 0.5) is 0 Å². The number of carbonyl (C=O) groups excluding carboxylic acids is 1. The largest absolute Gasteiger partial charge is 0.380 e. The summed E-state index contributed by atoms with van der Waals surface area (Å²) < 4.78 is 5.32. The van der Waals surface area contributed by atoms with E-state index in [1.54, 1.807) is 7.11 Å². The van der Waals surface area contributed by atoms with Gasteiger partial charge in [0.1, 0.15) is 0 Å². The summed E-state index contributed by atoms with van der Waals surface area (Å²) in [5.74, 6) is 0.157. The molecule has 1 fully saturated rings. The van der Waals surface area contributed by atoms with Crippen molar-refractivity contribution < 1.29 is 9.53 Å². The van der Waals surface area contributed by atoms with Gasteiger partial charge in [0, 0.05) is 27.2 Å². The van der Waals surface area contributed by atoms with Crippen molar-refractivity contribution in [2.45, 2.75) is 25.0 Å². The molecule has 2 aromatic carbocycles. The average molecular weight is 312 g/mol. The number of carbonyl (C=O) groups is 1. The Bertz CT molecular complexity index is 681. The van der Waals surface area contributed by atoms with Gasteiger partial charge in [0.25, 0.3) is 0 Å². The molecule has 4 heteroatoms. The Labute approximate surface area is 137 Å². The van der Waals surface area contributed by atoms with Crippen LogP contribution >= 0.6 is 0 Å². The molecule has 23 heavy (non-hydrogen) atoms. The molecule has 0 radical (unpaired) electrons. The summed E-state index contributed by atoms with van der Waals surface area (Å²) in [5.41, 5.74) is 1.29. The minimum atomic E-state index is -0.113. The van der Waals surface area contributed by atoms with Crippen molar-refractivity contribution in [3.63, 3.8) is 0 Å². The Balaban J connectivity index is 1.62. The van der Waals surface area contributed by atoms with E-state index in [9.17, 15) is 4.79 Å². The summed E-state index contributed by atoms with van der Waals surface area (Å²) in [6.45, 7) is 1.48. The van der Waals surface area contributed by atoms with Gasteiger partial charge in [-0.1, -0.05) is 42.5 Å². The van der Waals surface area contributed by atoms with Gasteiger partial charge in [-0.25, -0.2) is 0 Å². The number of nitrogens with zero attached hydrogens (tertiary/aromatic N) is 1. The summed E-state index contributed by atoms with van der Waals surface area (Å²) in [6.07, 6.45) is 1.77. The van der Waals surface area contributed by atoms with E-state index in [2.05, 4.69) is 47.8 Å². The molecular formula is C19H24N2O2. The first kappa shape index (κ1) is 16.0. The molecule has 0 aromatic heterocycles. The van der Waals surface area contributed by atoms with Crippen LogP contribution in [0.25, 0.3) is 10.8 Å². The third kappa shape index (κ3) is 3.54. The zero-order valence-corrected chi connectivity index (χ0v) is 13.8. The highest BCUT2D eigenvalue weighted by Crippen LogP contribution is 2.19. The predicted octanol–water partition coefficient (Wildman–Crippen LogP) is 2.22. The molecule has 1 saturated heterocycles. The number of nitrogens with one attached hydrogen (secondary N) is 1. The van der Waals surface area contributed by atoms with E-state index in [0.29, 0.717) is 0 Å². The Hall–Kier alpha value is -1.91. The van der Waals surface area contributed by atoms with Gasteiger partial charge >= 0.3 is 0 Å². The van der Waals surface area contributed by atoms with Gasteiger partial charge in [0.05, 0.1) is 12.1 Å². The van der Waals surface area contributed by atoms with Crippen molar-refractivity contribution in [1.82, 2.24) is 10.2 Å². The molecule has 1 amide bonds. The van der Waals surface area contributed by atoms with Gasteiger partial charge in [0.15, 0.2) is 0 Å². The Morgan fingerprint density at radius 3 is 2.83 bits per heavy atom.